The van der Waals surface area contributed by atoms with Crippen LogP contribution in [0.5, 0.6) is 5.75 Å². The van der Waals surface area contributed by atoms with E-state index in [1.54, 1.807) is 5.01 Å². The summed E-state index contributed by atoms with van der Waals surface area (Å²) in [5, 5.41) is 21.9. The first-order chi connectivity index (χ1) is 16.3. The lowest BCUT2D eigenvalue weighted by Gasteiger charge is -2.23. The minimum atomic E-state index is -4.45. The summed E-state index contributed by atoms with van der Waals surface area (Å²) < 4.78 is 41.9. The first-order valence-corrected chi connectivity index (χ1v) is 11.1. The normalized spacial score (nSPS) is 18.7. The van der Waals surface area contributed by atoms with Crippen molar-refractivity contribution in [3.05, 3.63) is 59.4 Å². The third-order valence-electron chi connectivity index (χ3n) is 5.66. The van der Waals surface area contributed by atoms with Crippen LogP contribution in [-0.4, -0.2) is 59.5 Å². The molecule has 0 bridgehead atoms. The van der Waals surface area contributed by atoms with Crippen molar-refractivity contribution in [2.75, 3.05) is 26.3 Å². The second-order valence-corrected chi connectivity index (χ2v) is 8.47. The van der Waals surface area contributed by atoms with Crippen molar-refractivity contribution in [3.8, 4) is 5.75 Å². The molecule has 1 aliphatic heterocycles. The Hall–Kier alpha value is -3.21. The fourth-order valence-electron chi connectivity index (χ4n) is 3.78. The van der Waals surface area contributed by atoms with E-state index >= 15 is 0 Å². The van der Waals surface area contributed by atoms with Gasteiger partial charge in [0.1, 0.15) is 11.8 Å². The number of nitrogens with one attached hydrogen (secondary N) is 1. The van der Waals surface area contributed by atoms with Crippen LogP contribution in [-0.2, 0) is 11.2 Å². The molecule has 1 aliphatic carbocycles. The lowest BCUT2D eigenvalue weighted by molar-refractivity contribution is -0.153. The van der Waals surface area contributed by atoms with E-state index in [0.29, 0.717) is 24.7 Å². The molecule has 1 fully saturated rings. The van der Waals surface area contributed by atoms with Crippen LogP contribution in [0.1, 0.15) is 41.6 Å². The van der Waals surface area contributed by atoms with Gasteiger partial charge in [0.05, 0.1) is 44.0 Å². The highest BCUT2D eigenvalue weighted by molar-refractivity contribution is 5.79. The number of carbonyl (C=O) groups is 1. The Labute approximate surface area is 194 Å². The van der Waals surface area contributed by atoms with Gasteiger partial charge in [-0.3, -0.25) is 14.8 Å². The van der Waals surface area contributed by atoms with Crippen molar-refractivity contribution in [2.24, 2.45) is 10.3 Å². The quantitative estimate of drug-likeness (QED) is 0.547. The number of pyridine rings is 1. The number of aromatic nitrogens is 1. The molecule has 2 aliphatic rings. The molecule has 1 aromatic heterocycles. The number of amides is 1. The Morgan fingerprint density at radius 1 is 1.21 bits per heavy atom. The number of alkyl halides is 3. The van der Waals surface area contributed by atoms with Gasteiger partial charge in [-0.05, 0) is 42.0 Å². The van der Waals surface area contributed by atoms with Crippen LogP contribution in [0.2, 0.25) is 0 Å². The fraction of sp³-hybridized carbons (Fsp3) is 0.478. The number of ether oxygens (including phenoxy) is 1. The highest BCUT2D eigenvalue weighted by Gasteiger charge is 2.32. The zero-order valence-corrected chi connectivity index (χ0v) is 18.4. The SMILES string of the molecule is O=C(Cc1ccc(C2CC2)cc1)N[C@@H](c1ccc(OCC(F)(F)F)cn1)C1CN(CCO)N=N1. The summed E-state index contributed by atoms with van der Waals surface area (Å²) in [5.41, 5.74) is 2.58. The summed E-state index contributed by atoms with van der Waals surface area (Å²) in [5.74, 6) is 0.368. The van der Waals surface area contributed by atoms with E-state index in [2.05, 4.69) is 32.8 Å². The van der Waals surface area contributed by atoms with E-state index in [0.717, 1.165) is 5.56 Å². The summed E-state index contributed by atoms with van der Waals surface area (Å²) in [4.78, 5) is 17.1. The van der Waals surface area contributed by atoms with Crippen molar-refractivity contribution >= 4 is 5.91 Å². The minimum Gasteiger partial charge on any atom is -0.483 e. The molecule has 34 heavy (non-hydrogen) atoms. The van der Waals surface area contributed by atoms with Crippen LogP contribution in [0.4, 0.5) is 13.2 Å². The monoisotopic (exact) mass is 477 g/mol. The average molecular weight is 477 g/mol. The molecule has 0 radical (unpaired) electrons. The van der Waals surface area contributed by atoms with Crippen molar-refractivity contribution in [3.63, 3.8) is 0 Å². The highest BCUT2D eigenvalue weighted by atomic mass is 19.4. The first-order valence-electron chi connectivity index (χ1n) is 11.1. The molecule has 11 heteroatoms. The molecular weight excluding hydrogens is 451 g/mol. The zero-order chi connectivity index (χ0) is 24.1. The maximum Gasteiger partial charge on any atom is 0.422 e. The molecule has 1 amide bonds. The van der Waals surface area contributed by atoms with E-state index in [1.165, 1.54) is 36.7 Å². The van der Waals surface area contributed by atoms with Gasteiger partial charge < -0.3 is 15.2 Å². The molecule has 1 aromatic carbocycles. The van der Waals surface area contributed by atoms with Gasteiger partial charge in [0.15, 0.2) is 6.61 Å². The van der Waals surface area contributed by atoms with Gasteiger partial charge >= 0.3 is 6.18 Å². The third-order valence-corrected chi connectivity index (χ3v) is 5.66. The van der Waals surface area contributed by atoms with Crippen molar-refractivity contribution in [2.45, 2.75) is 43.4 Å². The van der Waals surface area contributed by atoms with Gasteiger partial charge in [-0.25, -0.2) is 0 Å². The van der Waals surface area contributed by atoms with Crippen LogP contribution in [0.3, 0.4) is 0 Å². The maximum atomic E-state index is 12.9. The molecule has 1 saturated carbocycles. The van der Waals surface area contributed by atoms with Gasteiger partial charge in [-0.2, -0.15) is 18.3 Å². The van der Waals surface area contributed by atoms with Gasteiger partial charge in [0.25, 0.3) is 0 Å². The number of halogens is 3. The maximum absolute atomic E-state index is 12.9. The lowest BCUT2D eigenvalue weighted by Crippen LogP contribution is -2.39. The van der Waals surface area contributed by atoms with E-state index in [4.69, 9.17) is 9.84 Å². The number of rotatable bonds is 10. The van der Waals surface area contributed by atoms with Crippen LogP contribution in [0.25, 0.3) is 0 Å². The van der Waals surface area contributed by atoms with E-state index in [-0.39, 0.29) is 24.7 Å². The summed E-state index contributed by atoms with van der Waals surface area (Å²) in [6.45, 7) is -0.856. The minimum absolute atomic E-state index is 0.0307. The molecule has 2 N–H and O–H groups in total. The van der Waals surface area contributed by atoms with Gasteiger partial charge in [-0.1, -0.05) is 29.5 Å². The van der Waals surface area contributed by atoms with Gasteiger partial charge in [0, 0.05) is 0 Å². The molecular formula is C23H26F3N5O3. The molecule has 2 atom stereocenters. The highest BCUT2D eigenvalue weighted by Crippen LogP contribution is 2.39. The fourth-order valence-corrected chi connectivity index (χ4v) is 3.78. The largest absolute Gasteiger partial charge is 0.483 e. The Balaban J connectivity index is 1.44. The summed E-state index contributed by atoms with van der Waals surface area (Å²) in [6.07, 6.45) is -0.686. The molecule has 0 saturated heterocycles. The number of aliphatic hydroxyl groups excluding tert-OH is 1. The number of benzene rings is 1. The second-order valence-electron chi connectivity index (χ2n) is 8.47. The number of aliphatic hydroxyl groups is 1. The third kappa shape index (κ3) is 6.66. The second kappa shape index (κ2) is 10.4. The average Bonchev–Trinajstić information content (AvgIpc) is 3.56. The number of carbonyl (C=O) groups excluding carboxylic acids is 1. The smallest absolute Gasteiger partial charge is 0.422 e. The lowest BCUT2D eigenvalue weighted by atomic mass is 10.0. The topological polar surface area (TPSA) is 99.4 Å². The predicted molar refractivity (Wildman–Crippen MR) is 116 cm³/mol. The predicted octanol–water partition coefficient (Wildman–Crippen LogP) is 3.34. The summed E-state index contributed by atoms with van der Waals surface area (Å²) in [6, 6.07) is 9.77. The first kappa shape index (κ1) is 23.9. The van der Waals surface area contributed by atoms with Crippen molar-refractivity contribution in [1.29, 1.82) is 0 Å². The Bertz CT molecular complexity index is 994. The molecule has 1 unspecified atom stereocenters. The van der Waals surface area contributed by atoms with E-state index < -0.39 is 24.9 Å². The molecule has 2 aromatic rings. The molecule has 2 heterocycles. The Morgan fingerprint density at radius 3 is 2.59 bits per heavy atom. The molecule has 8 nitrogen and oxygen atoms in total. The van der Waals surface area contributed by atoms with Crippen LogP contribution in [0, 0.1) is 0 Å². The zero-order valence-electron chi connectivity index (χ0n) is 18.4. The van der Waals surface area contributed by atoms with Crippen LogP contribution >= 0.6 is 0 Å². The van der Waals surface area contributed by atoms with Crippen molar-refractivity contribution in [1.82, 2.24) is 15.3 Å². The number of hydrogen-bond acceptors (Lipinski definition) is 7. The summed E-state index contributed by atoms with van der Waals surface area (Å²) in [7, 11) is 0. The number of nitrogens with zero attached hydrogens (tertiary/aromatic N) is 4. The summed E-state index contributed by atoms with van der Waals surface area (Å²) >= 11 is 0. The molecule has 0 spiro atoms. The molecule has 182 valence electrons. The van der Waals surface area contributed by atoms with Crippen LogP contribution in [0.15, 0.2) is 52.9 Å². The number of β-amino-alcohol motifs (C(OH)–C–C–N with tert-alkyl or cyclic N) is 1. The number of hydrogen-bond donors (Lipinski definition) is 2. The van der Waals surface area contributed by atoms with Crippen molar-refractivity contribution < 1.29 is 27.8 Å². The van der Waals surface area contributed by atoms with Gasteiger partial charge in [0.2, 0.25) is 5.91 Å². The Morgan fingerprint density at radius 2 is 1.97 bits per heavy atom. The Kier molecular flexibility index (Phi) is 7.30. The molecule has 4 rings (SSSR count). The van der Waals surface area contributed by atoms with Gasteiger partial charge in [-0.15, -0.1) is 0 Å². The van der Waals surface area contributed by atoms with Crippen LogP contribution < -0.4 is 10.1 Å². The standard InChI is InChI=1S/C23H26F3N5O3/c24-23(25,26)14-34-18-7-8-19(27-12-18)22(20-13-31(9-10-32)30-29-20)28-21(33)11-15-1-3-16(4-2-15)17-5-6-17/h1-4,7-8,12,17,20,22,32H,5-6,9-11,13-14H2,(H,28,33)/t20?,22-/m0/s1. The van der Waals surface area contributed by atoms with E-state index in [1.807, 2.05) is 12.1 Å². The van der Waals surface area contributed by atoms with E-state index in [9.17, 15) is 18.0 Å².